The smallest absolute Gasteiger partial charge is 0.194 e. The zero-order valence-corrected chi connectivity index (χ0v) is 13.7. The third-order valence-electron chi connectivity index (χ3n) is 4.54. The lowest BCUT2D eigenvalue weighted by molar-refractivity contribution is 0.0131. The van der Waals surface area contributed by atoms with Crippen molar-refractivity contribution in [2.75, 3.05) is 26.7 Å². The average Bonchev–Trinajstić information content (AvgIpc) is 3.29. The molecule has 1 aromatic rings. The van der Waals surface area contributed by atoms with Gasteiger partial charge in [-0.3, -0.25) is 4.99 Å². The topological polar surface area (TPSA) is 54.7 Å². The molecule has 2 fully saturated rings. The van der Waals surface area contributed by atoms with Crippen LogP contribution in [0.4, 0.5) is 0 Å². The van der Waals surface area contributed by atoms with Crippen LogP contribution in [0.3, 0.4) is 0 Å². The fraction of sp³-hybridized carbons (Fsp3) is 0.750. The number of aryl methyl sites for hydroxylation is 1. The summed E-state index contributed by atoms with van der Waals surface area (Å²) in [5.41, 5.74) is 0. The Bertz CT molecular complexity index is 500. The Morgan fingerprint density at radius 1 is 1.36 bits per heavy atom. The Hall–Kier alpha value is -1.56. The van der Waals surface area contributed by atoms with Crippen LogP contribution in [-0.4, -0.2) is 53.3 Å². The second-order valence-electron chi connectivity index (χ2n) is 6.32. The summed E-state index contributed by atoms with van der Waals surface area (Å²) in [5.74, 6) is 2.83. The molecule has 3 rings (SSSR count). The Labute approximate surface area is 132 Å². The summed E-state index contributed by atoms with van der Waals surface area (Å²) in [4.78, 5) is 11.1. The number of nitrogens with zero attached hydrogens (tertiary/aromatic N) is 4. The van der Waals surface area contributed by atoms with Crippen molar-refractivity contribution in [1.29, 1.82) is 0 Å². The van der Waals surface area contributed by atoms with Crippen molar-refractivity contribution in [3.05, 3.63) is 18.2 Å². The van der Waals surface area contributed by atoms with E-state index >= 15 is 0 Å². The van der Waals surface area contributed by atoms with E-state index in [4.69, 9.17) is 4.74 Å². The van der Waals surface area contributed by atoms with E-state index in [0.29, 0.717) is 12.6 Å². The predicted molar refractivity (Wildman–Crippen MR) is 86.7 cm³/mol. The summed E-state index contributed by atoms with van der Waals surface area (Å²) in [6.07, 6.45) is 9.13. The number of likely N-dealkylation sites (tertiary alicyclic amines) is 1. The molecule has 1 aromatic heterocycles. The molecule has 0 atom stereocenters. The van der Waals surface area contributed by atoms with E-state index in [2.05, 4.69) is 20.2 Å². The minimum absolute atomic E-state index is 0.435. The van der Waals surface area contributed by atoms with Crippen molar-refractivity contribution in [3.63, 3.8) is 0 Å². The first-order valence-electron chi connectivity index (χ1n) is 8.29. The van der Waals surface area contributed by atoms with Gasteiger partial charge in [-0.05, 0) is 31.6 Å². The number of imidazole rings is 1. The lowest BCUT2D eigenvalue weighted by atomic mass is 10.1. The van der Waals surface area contributed by atoms with E-state index in [1.165, 1.54) is 12.8 Å². The summed E-state index contributed by atoms with van der Waals surface area (Å²) < 4.78 is 8.03. The molecule has 1 aliphatic carbocycles. The molecule has 1 N–H and O–H groups in total. The molecule has 0 radical (unpaired) electrons. The molecule has 1 saturated carbocycles. The number of guanidine groups is 1. The van der Waals surface area contributed by atoms with Gasteiger partial charge in [0.05, 0.1) is 12.6 Å². The number of hydrogen-bond acceptors (Lipinski definition) is 3. The van der Waals surface area contributed by atoms with Crippen LogP contribution in [-0.2, 0) is 18.3 Å². The SMILES string of the molecule is CN=C(NCc1nccn1C)N1CCC(OCC2CC2)CC1. The van der Waals surface area contributed by atoms with Crippen molar-refractivity contribution in [1.82, 2.24) is 19.8 Å². The van der Waals surface area contributed by atoms with Gasteiger partial charge in [0.2, 0.25) is 0 Å². The maximum absolute atomic E-state index is 6.00. The third kappa shape index (κ3) is 4.00. The highest BCUT2D eigenvalue weighted by Crippen LogP contribution is 2.30. The maximum atomic E-state index is 6.00. The molecule has 2 aliphatic rings. The van der Waals surface area contributed by atoms with Gasteiger partial charge in [0.25, 0.3) is 0 Å². The molecule has 22 heavy (non-hydrogen) atoms. The van der Waals surface area contributed by atoms with Crippen LogP contribution in [0.15, 0.2) is 17.4 Å². The Kier molecular flexibility index (Phi) is 4.97. The molecular weight excluding hydrogens is 278 g/mol. The standard InChI is InChI=1S/C16H27N5O/c1-17-16(19-11-15-18-7-10-20(15)2)21-8-5-14(6-9-21)22-12-13-3-4-13/h7,10,13-14H,3-6,8-9,11-12H2,1-2H3,(H,17,19). The number of ether oxygens (including phenoxy) is 1. The Morgan fingerprint density at radius 3 is 2.73 bits per heavy atom. The summed E-state index contributed by atoms with van der Waals surface area (Å²) in [6.45, 7) is 3.69. The highest BCUT2D eigenvalue weighted by atomic mass is 16.5. The third-order valence-corrected chi connectivity index (χ3v) is 4.54. The predicted octanol–water partition coefficient (Wildman–Crippen LogP) is 1.39. The lowest BCUT2D eigenvalue weighted by Crippen LogP contribution is -2.47. The van der Waals surface area contributed by atoms with E-state index in [9.17, 15) is 0 Å². The van der Waals surface area contributed by atoms with Gasteiger partial charge in [0.1, 0.15) is 5.82 Å². The number of nitrogens with one attached hydrogen (secondary N) is 1. The summed E-state index contributed by atoms with van der Waals surface area (Å²) in [7, 11) is 3.85. The van der Waals surface area contributed by atoms with Crippen LogP contribution < -0.4 is 5.32 Å². The quantitative estimate of drug-likeness (QED) is 0.660. The molecule has 0 unspecified atom stereocenters. The van der Waals surface area contributed by atoms with Gasteiger partial charge in [-0.25, -0.2) is 4.98 Å². The fourth-order valence-corrected chi connectivity index (χ4v) is 2.85. The first-order chi connectivity index (χ1) is 10.8. The first-order valence-corrected chi connectivity index (χ1v) is 8.29. The van der Waals surface area contributed by atoms with Crippen molar-refractivity contribution in [3.8, 4) is 0 Å². The summed E-state index contributed by atoms with van der Waals surface area (Å²) >= 11 is 0. The van der Waals surface area contributed by atoms with Gasteiger partial charge in [0, 0.05) is 46.2 Å². The second kappa shape index (κ2) is 7.13. The van der Waals surface area contributed by atoms with Crippen LogP contribution in [0.25, 0.3) is 0 Å². The molecule has 0 spiro atoms. The van der Waals surface area contributed by atoms with Gasteiger partial charge < -0.3 is 19.5 Å². The minimum atomic E-state index is 0.435. The Balaban J connectivity index is 1.43. The Morgan fingerprint density at radius 2 is 2.14 bits per heavy atom. The van der Waals surface area contributed by atoms with Gasteiger partial charge in [-0.2, -0.15) is 0 Å². The average molecular weight is 305 g/mol. The number of aromatic nitrogens is 2. The molecular formula is C16H27N5O. The zero-order valence-electron chi connectivity index (χ0n) is 13.7. The normalized spacial score (nSPS) is 20.5. The van der Waals surface area contributed by atoms with E-state index < -0.39 is 0 Å². The number of rotatable bonds is 5. The van der Waals surface area contributed by atoms with E-state index in [0.717, 1.165) is 50.2 Å². The summed E-state index contributed by atoms with van der Waals surface area (Å²) in [6, 6.07) is 0. The van der Waals surface area contributed by atoms with Crippen LogP contribution in [0, 0.1) is 5.92 Å². The first kappa shape index (κ1) is 15.3. The van der Waals surface area contributed by atoms with Gasteiger partial charge in [-0.15, -0.1) is 0 Å². The highest BCUT2D eigenvalue weighted by Gasteiger charge is 2.26. The van der Waals surface area contributed by atoms with Crippen LogP contribution in [0.1, 0.15) is 31.5 Å². The molecule has 6 heteroatoms. The maximum Gasteiger partial charge on any atom is 0.194 e. The lowest BCUT2D eigenvalue weighted by Gasteiger charge is -2.34. The minimum Gasteiger partial charge on any atom is -0.378 e. The number of aliphatic imine (C=N–C) groups is 1. The highest BCUT2D eigenvalue weighted by molar-refractivity contribution is 5.79. The number of piperidine rings is 1. The van der Waals surface area contributed by atoms with Crippen molar-refractivity contribution in [2.24, 2.45) is 18.0 Å². The molecule has 1 aliphatic heterocycles. The van der Waals surface area contributed by atoms with Crippen LogP contribution in [0.5, 0.6) is 0 Å². The van der Waals surface area contributed by atoms with E-state index in [-0.39, 0.29) is 0 Å². The van der Waals surface area contributed by atoms with Crippen molar-refractivity contribution < 1.29 is 4.74 Å². The molecule has 0 bridgehead atoms. The van der Waals surface area contributed by atoms with E-state index in [1.54, 1.807) is 0 Å². The molecule has 0 aromatic carbocycles. The van der Waals surface area contributed by atoms with E-state index in [1.807, 2.05) is 31.1 Å². The second-order valence-corrected chi connectivity index (χ2v) is 6.32. The molecule has 1 saturated heterocycles. The monoisotopic (exact) mass is 305 g/mol. The van der Waals surface area contributed by atoms with Crippen molar-refractivity contribution in [2.45, 2.75) is 38.3 Å². The van der Waals surface area contributed by atoms with Crippen LogP contribution in [0.2, 0.25) is 0 Å². The molecule has 2 heterocycles. The number of hydrogen-bond donors (Lipinski definition) is 1. The van der Waals surface area contributed by atoms with Gasteiger partial charge in [-0.1, -0.05) is 0 Å². The fourth-order valence-electron chi connectivity index (χ4n) is 2.85. The summed E-state index contributed by atoms with van der Waals surface area (Å²) in [5, 5.41) is 3.41. The largest absolute Gasteiger partial charge is 0.378 e. The van der Waals surface area contributed by atoms with Gasteiger partial charge in [0.15, 0.2) is 5.96 Å². The molecule has 6 nitrogen and oxygen atoms in total. The zero-order chi connectivity index (χ0) is 15.4. The molecule has 122 valence electrons. The van der Waals surface area contributed by atoms with Crippen LogP contribution >= 0.6 is 0 Å². The van der Waals surface area contributed by atoms with Crippen molar-refractivity contribution >= 4 is 5.96 Å². The van der Waals surface area contributed by atoms with Gasteiger partial charge >= 0.3 is 0 Å². The molecule has 0 amide bonds.